The summed E-state index contributed by atoms with van der Waals surface area (Å²) in [6.07, 6.45) is 0.739. The van der Waals surface area contributed by atoms with Crippen LogP contribution in [0.5, 0.6) is 5.75 Å². The summed E-state index contributed by atoms with van der Waals surface area (Å²) in [6.45, 7) is -0.158. The maximum absolute atomic E-state index is 11.8. The minimum atomic E-state index is -0.503. The number of rotatable bonds is 7. The third-order valence-electron chi connectivity index (χ3n) is 3.41. The minimum absolute atomic E-state index is 0.0627. The summed E-state index contributed by atoms with van der Waals surface area (Å²) >= 11 is 7.60. The molecule has 0 saturated heterocycles. The van der Waals surface area contributed by atoms with Gasteiger partial charge < -0.3 is 9.47 Å². The number of aldehydes is 1. The van der Waals surface area contributed by atoms with Gasteiger partial charge in [-0.05, 0) is 30.3 Å². The van der Waals surface area contributed by atoms with Gasteiger partial charge in [-0.15, -0.1) is 11.3 Å². The van der Waals surface area contributed by atoms with E-state index in [1.807, 2.05) is 23.6 Å². The second-order valence-corrected chi connectivity index (χ2v) is 6.53. The van der Waals surface area contributed by atoms with E-state index < -0.39 is 5.97 Å². The highest BCUT2D eigenvalue weighted by atomic mass is 35.5. The van der Waals surface area contributed by atoms with Crippen molar-refractivity contribution in [2.75, 3.05) is 6.61 Å². The Hall–Kier alpha value is -2.70. The fourth-order valence-electron chi connectivity index (χ4n) is 2.11. The molecule has 7 heteroatoms. The van der Waals surface area contributed by atoms with Gasteiger partial charge in [0.05, 0.1) is 10.7 Å². The Balaban J connectivity index is 1.50. The number of benzene rings is 2. The number of esters is 1. The molecule has 0 fully saturated rings. The van der Waals surface area contributed by atoms with Gasteiger partial charge >= 0.3 is 5.97 Å². The Kier molecular flexibility index (Phi) is 5.99. The smallest absolute Gasteiger partial charge is 0.344 e. The van der Waals surface area contributed by atoms with Gasteiger partial charge in [-0.3, -0.25) is 4.79 Å². The van der Waals surface area contributed by atoms with Crippen LogP contribution >= 0.6 is 22.9 Å². The van der Waals surface area contributed by atoms with Crippen LogP contribution in [0.2, 0.25) is 5.02 Å². The monoisotopic (exact) mass is 387 g/mol. The van der Waals surface area contributed by atoms with Crippen molar-refractivity contribution in [3.05, 3.63) is 70.2 Å². The number of hydrogen-bond acceptors (Lipinski definition) is 6. The predicted molar refractivity (Wildman–Crippen MR) is 99.7 cm³/mol. The molecular formula is C19H14ClNO4S. The third-order valence-corrected chi connectivity index (χ3v) is 4.66. The number of nitrogens with zero attached hydrogens (tertiary/aromatic N) is 1. The molecule has 0 aliphatic carbocycles. The summed E-state index contributed by atoms with van der Waals surface area (Å²) in [5, 5.41) is 3.22. The molecule has 0 atom stereocenters. The van der Waals surface area contributed by atoms with Crippen LogP contribution in [0.4, 0.5) is 0 Å². The number of carbonyl (C=O) groups is 2. The topological polar surface area (TPSA) is 65.5 Å². The largest absolute Gasteiger partial charge is 0.482 e. The van der Waals surface area contributed by atoms with Crippen molar-refractivity contribution in [1.82, 2.24) is 4.98 Å². The van der Waals surface area contributed by atoms with Crippen molar-refractivity contribution in [2.24, 2.45) is 0 Å². The molecule has 0 aliphatic rings. The van der Waals surface area contributed by atoms with Gasteiger partial charge in [0.25, 0.3) is 0 Å². The number of aromatic nitrogens is 1. The first-order valence-corrected chi connectivity index (χ1v) is 8.94. The average Bonchev–Trinajstić information content (AvgIpc) is 3.14. The first-order valence-electron chi connectivity index (χ1n) is 7.68. The number of carbonyl (C=O) groups excluding carboxylic acids is 2. The van der Waals surface area contributed by atoms with E-state index in [4.69, 9.17) is 21.1 Å². The van der Waals surface area contributed by atoms with Gasteiger partial charge in [-0.1, -0.05) is 29.8 Å². The Labute approximate surface area is 159 Å². The lowest BCUT2D eigenvalue weighted by molar-refractivity contribution is -0.147. The molecule has 26 heavy (non-hydrogen) atoms. The molecule has 0 N–H and O–H groups in total. The summed E-state index contributed by atoms with van der Waals surface area (Å²) in [4.78, 5) is 26.8. The maximum Gasteiger partial charge on any atom is 0.344 e. The van der Waals surface area contributed by atoms with Crippen LogP contribution in [0.1, 0.15) is 16.1 Å². The van der Waals surface area contributed by atoms with Crippen molar-refractivity contribution < 1.29 is 19.1 Å². The summed E-state index contributed by atoms with van der Waals surface area (Å²) in [6, 6.07) is 13.9. The van der Waals surface area contributed by atoms with E-state index in [1.54, 1.807) is 30.3 Å². The summed E-state index contributed by atoms with van der Waals surface area (Å²) in [5.74, 6) is -0.0148. The van der Waals surface area contributed by atoms with Crippen molar-refractivity contribution in [1.29, 1.82) is 0 Å². The SMILES string of the molecule is O=Cc1ccc(OCC(=O)OCc2csc(-c3ccccc3Cl)n2)cc1. The fraction of sp³-hybridized carbons (Fsp3) is 0.105. The summed E-state index contributed by atoms with van der Waals surface area (Å²) < 4.78 is 10.5. The van der Waals surface area contributed by atoms with Gasteiger partial charge in [-0.2, -0.15) is 0 Å². The fourth-order valence-corrected chi connectivity index (χ4v) is 3.24. The quantitative estimate of drug-likeness (QED) is 0.444. The lowest BCUT2D eigenvalue weighted by Crippen LogP contribution is -2.14. The predicted octanol–water partition coefficient (Wildman–Crippen LogP) is 4.40. The van der Waals surface area contributed by atoms with E-state index in [-0.39, 0.29) is 13.2 Å². The van der Waals surface area contributed by atoms with E-state index in [9.17, 15) is 9.59 Å². The summed E-state index contributed by atoms with van der Waals surface area (Å²) in [5.41, 5.74) is 2.03. The number of hydrogen-bond donors (Lipinski definition) is 0. The molecule has 132 valence electrons. The summed E-state index contributed by atoms with van der Waals surface area (Å²) in [7, 11) is 0. The first kappa shape index (κ1) is 18.1. The molecule has 0 spiro atoms. The Morgan fingerprint density at radius 2 is 1.92 bits per heavy atom. The second-order valence-electron chi connectivity index (χ2n) is 5.26. The zero-order valence-corrected chi connectivity index (χ0v) is 15.1. The van der Waals surface area contributed by atoms with E-state index in [1.165, 1.54) is 11.3 Å². The van der Waals surface area contributed by atoms with Gasteiger partial charge in [0.15, 0.2) is 6.61 Å². The molecule has 2 aromatic carbocycles. The van der Waals surface area contributed by atoms with Gasteiger partial charge in [0.1, 0.15) is 23.7 Å². The first-order chi connectivity index (χ1) is 12.7. The molecular weight excluding hydrogens is 374 g/mol. The minimum Gasteiger partial charge on any atom is -0.482 e. The zero-order chi connectivity index (χ0) is 18.4. The molecule has 1 heterocycles. The molecule has 3 rings (SSSR count). The van der Waals surface area contributed by atoms with Gasteiger partial charge in [0.2, 0.25) is 0 Å². The number of thiazole rings is 1. The second kappa shape index (κ2) is 8.60. The van der Waals surface area contributed by atoms with Crippen LogP contribution in [0.15, 0.2) is 53.9 Å². The highest BCUT2D eigenvalue weighted by Gasteiger charge is 2.10. The lowest BCUT2D eigenvalue weighted by atomic mass is 10.2. The molecule has 0 bridgehead atoms. The van der Waals surface area contributed by atoms with Crippen LogP contribution in [0.25, 0.3) is 10.6 Å². The van der Waals surface area contributed by atoms with Crippen molar-refractivity contribution >= 4 is 35.2 Å². The van der Waals surface area contributed by atoms with E-state index in [0.717, 1.165) is 16.9 Å². The van der Waals surface area contributed by atoms with E-state index in [0.29, 0.717) is 22.0 Å². The molecule has 3 aromatic rings. The average molecular weight is 388 g/mol. The van der Waals surface area contributed by atoms with Crippen LogP contribution < -0.4 is 4.74 Å². The zero-order valence-electron chi connectivity index (χ0n) is 13.6. The number of ether oxygens (including phenoxy) is 2. The highest BCUT2D eigenvalue weighted by Crippen LogP contribution is 2.30. The van der Waals surface area contributed by atoms with E-state index in [2.05, 4.69) is 4.98 Å². The standard InChI is InChI=1S/C19H14ClNO4S/c20-17-4-2-1-3-16(17)19-21-14(12-26-19)10-25-18(23)11-24-15-7-5-13(9-22)6-8-15/h1-9,12H,10-11H2. The molecule has 0 amide bonds. The highest BCUT2D eigenvalue weighted by molar-refractivity contribution is 7.13. The van der Waals surface area contributed by atoms with Gasteiger partial charge in [0, 0.05) is 16.5 Å². The van der Waals surface area contributed by atoms with Crippen LogP contribution in [-0.4, -0.2) is 23.8 Å². The Bertz CT molecular complexity index is 908. The van der Waals surface area contributed by atoms with Gasteiger partial charge in [-0.25, -0.2) is 9.78 Å². The molecule has 5 nitrogen and oxygen atoms in total. The van der Waals surface area contributed by atoms with Crippen molar-refractivity contribution in [2.45, 2.75) is 6.61 Å². The molecule has 0 aliphatic heterocycles. The molecule has 0 saturated carbocycles. The molecule has 0 unspecified atom stereocenters. The lowest BCUT2D eigenvalue weighted by Gasteiger charge is -2.06. The molecule has 0 radical (unpaired) electrons. The van der Waals surface area contributed by atoms with Crippen LogP contribution in [-0.2, 0) is 16.1 Å². The van der Waals surface area contributed by atoms with Crippen molar-refractivity contribution in [3.63, 3.8) is 0 Å². The Morgan fingerprint density at radius 3 is 2.65 bits per heavy atom. The Morgan fingerprint density at radius 1 is 1.15 bits per heavy atom. The maximum atomic E-state index is 11.8. The van der Waals surface area contributed by atoms with E-state index >= 15 is 0 Å². The van der Waals surface area contributed by atoms with Crippen LogP contribution in [0.3, 0.4) is 0 Å². The van der Waals surface area contributed by atoms with Crippen LogP contribution in [0, 0.1) is 0 Å². The third kappa shape index (κ3) is 4.68. The normalized spacial score (nSPS) is 10.3. The number of halogens is 1. The van der Waals surface area contributed by atoms with Crippen molar-refractivity contribution in [3.8, 4) is 16.3 Å². The molecule has 1 aromatic heterocycles.